The van der Waals surface area contributed by atoms with E-state index in [0.29, 0.717) is 6.04 Å². The van der Waals surface area contributed by atoms with Gasteiger partial charge in [-0.2, -0.15) is 0 Å². The molecule has 2 aliphatic heterocycles. The molecule has 2 N–H and O–H groups in total. The first-order valence-electron chi connectivity index (χ1n) is 6.52. The van der Waals surface area contributed by atoms with Gasteiger partial charge in [0.1, 0.15) is 6.26 Å². The van der Waals surface area contributed by atoms with Gasteiger partial charge in [0.25, 0.3) is 5.91 Å². The highest BCUT2D eigenvalue weighted by atomic mass is 16.4. The summed E-state index contributed by atoms with van der Waals surface area (Å²) in [6.45, 7) is 2.13. The molecule has 1 aromatic heterocycles. The molecule has 1 amide bonds. The van der Waals surface area contributed by atoms with Crippen molar-refractivity contribution in [1.29, 1.82) is 0 Å². The Morgan fingerprint density at radius 3 is 2.95 bits per heavy atom. The lowest BCUT2D eigenvalue weighted by Crippen LogP contribution is -2.42. The highest BCUT2D eigenvalue weighted by Gasteiger charge is 2.38. The third-order valence-corrected chi connectivity index (χ3v) is 3.99. The normalized spacial score (nSPS) is 26.3. The molecule has 2 aliphatic rings. The molecule has 0 bridgehead atoms. The van der Waals surface area contributed by atoms with Gasteiger partial charge in [0.05, 0.1) is 5.56 Å². The smallest absolute Gasteiger partial charge is 0.338 e. The molecule has 6 nitrogen and oxygen atoms in total. The Bertz CT molecular complexity index is 510. The zero-order valence-electron chi connectivity index (χ0n) is 10.5. The Kier molecular flexibility index (Phi) is 3.02. The highest BCUT2D eigenvalue weighted by molar-refractivity contribution is 5.95. The van der Waals surface area contributed by atoms with E-state index in [9.17, 15) is 9.59 Å². The molecule has 2 fully saturated rings. The number of nitrogens with zero attached hydrogens (tertiary/aromatic N) is 1. The van der Waals surface area contributed by atoms with Gasteiger partial charge in [-0.15, -0.1) is 0 Å². The van der Waals surface area contributed by atoms with Crippen molar-refractivity contribution < 1.29 is 19.1 Å². The number of carboxylic acids is 1. The molecule has 2 saturated heterocycles. The first-order chi connectivity index (χ1) is 9.15. The first kappa shape index (κ1) is 12.2. The predicted molar refractivity (Wildman–Crippen MR) is 66.1 cm³/mol. The number of carbonyl (C=O) groups excluding carboxylic acids is 1. The lowest BCUT2D eigenvalue weighted by molar-refractivity contribution is 0.0695. The minimum atomic E-state index is -1.09. The summed E-state index contributed by atoms with van der Waals surface area (Å²) >= 11 is 0. The zero-order valence-corrected chi connectivity index (χ0v) is 10.5. The summed E-state index contributed by atoms with van der Waals surface area (Å²) in [5, 5.41) is 11.7. The Balaban J connectivity index is 1.66. The second-order valence-corrected chi connectivity index (χ2v) is 5.12. The number of carboxylic acid groups (broad SMARTS) is 1. The predicted octanol–water partition coefficient (Wildman–Crippen LogP) is 0.944. The van der Waals surface area contributed by atoms with Gasteiger partial charge < -0.3 is 14.8 Å². The second-order valence-electron chi connectivity index (χ2n) is 5.12. The largest absolute Gasteiger partial charge is 0.478 e. The quantitative estimate of drug-likeness (QED) is 0.849. The van der Waals surface area contributed by atoms with Crippen LogP contribution in [0.2, 0.25) is 0 Å². The molecular formula is C13H16N2O4. The molecule has 3 heterocycles. The number of nitrogens with one attached hydrogen (secondary N) is 1. The average molecular weight is 264 g/mol. The van der Waals surface area contributed by atoms with Gasteiger partial charge in [-0.3, -0.25) is 9.69 Å². The van der Waals surface area contributed by atoms with Crippen molar-refractivity contribution in [2.24, 2.45) is 0 Å². The molecule has 102 valence electrons. The van der Waals surface area contributed by atoms with E-state index in [4.69, 9.17) is 9.52 Å². The van der Waals surface area contributed by atoms with Gasteiger partial charge in [0.15, 0.2) is 5.76 Å². The number of hydrogen-bond acceptors (Lipinski definition) is 4. The first-order valence-corrected chi connectivity index (χ1v) is 6.52. The molecule has 0 saturated carbocycles. The summed E-state index contributed by atoms with van der Waals surface area (Å²) in [7, 11) is 0. The highest BCUT2D eigenvalue weighted by Crippen LogP contribution is 2.28. The van der Waals surface area contributed by atoms with Crippen molar-refractivity contribution in [2.45, 2.75) is 31.3 Å². The van der Waals surface area contributed by atoms with Crippen LogP contribution in [0, 0.1) is 0 Å². The molecule has 19 heavy (non-hydrogen) atoms. The maximum Gasteiger partial charge on any atom is 0.338 e. The van der Waals surface area contributed by atoms with Crippen LogP contribution in [0.25, 0.3) is 0 Å². The molecule has 0 aromatic carbocycles. The van der Waals surface area contributed by atoms with E-state index in [1.807, 2.05) is 0 Å². The summed E-state index contributed by atoms with van der Waals surface area (Å²) in [6, 6.07) is 1.84. The van der Waals surface area contributed by atoms with E-state index >= 15 is 0 Å². The van der Waals surface area contributed by atoms with Gasteiger partial charge in [-0.25, -0.2) is 4.79 Å². The molecule has 6 heteroatoms. The van der Waals surface area contributed by atoms with Crippen LogP contribution in [-0.4, -0.2) is 47.1 Å². The molecular weight excluding hydrogens is 248 g/mol. The Labute approximate surface area is 110 Å². The third kappa shape index (κ3) is 2.23. The summed E-state index contributed by atoms with van der Waals surface area (Å²) in [5.74, 6) is -1.36. The van der Waals surface area contributed by atoms with Crippen LogP contribution in [0.1, 0.15) is 40.2 Å². The van der Waals surface area contributed by atoms with Crippen molar-refractivity contribution >= 4 is 11.9 Å². The lowest BCUT2D eigenvalue weighted by Gasteiger charge is -2.20. The monoisotopic (exact) mass is 264 g/mol. The van der Waals surface area contributed by atoms with Gasteiger partial charge in [0.2, 0.25) is 0 Å². The zero-order chi connectivity index (χ0) is 13.4. The Morgan fingerprint density at radius 2 is 2.21 bits per heavy atom. The standard InChI is InChI=1S/C13H16N2O4/c16-12(11-6-8(7-19-11)13(17)18)14-9-3-5-15-4-1-2-10(9)15/h6-7,9-10H,1-5H2,(H,14,16)(H,17,18). The van der Waals surface area contributed by atoms with Gasteiger partial charge in [-0.05, 0) is 25.8 Å². The van der Waals surface area contributed by atoms with Crippen LogP contribution in [-0.2, 0) is 0 Å². The van der Waals surface area contributed by atoms with E-state index < -0.39 is 5.97 Å². The number of aromatic carboxylic acids is 1. The Hall–Kier alpha value is -1.82. The van der Waals surface area contributed by atoms with Crippen LogP contribution in [0.3, 0.4) is 0 Å². The minimum absolute atomic E-state index is 0.000866. The summed E-state index contributed by atoms with van der Waals surface area (Å²) < 4.78 is 5.00. The number of hydrogen-bond donors (Lipinski definition) is 2. The molecule has 0 aliphatic carbocycles. The van der Waals surface area contributed by atoms with Crippen molar-refractivity contribution in [3.63, 3.8) is 0 Å². The van der Waals surface area contributed by atoms with Gasteiger partial charge in [0, 0.05) is 24.7 Å². The number of amides is 1. The van der Waals surface area contributed by atoms with Gasteiger partial charge in [-0.1, -0.05) is 0 Å². The fourth-order valence-electron chi connectivity index (χ4n) is 3.06. The number of furan rings is 1. The van der Waals surface area contributed by atoms with E-state index in [1.165, 1.54) is 12.5 Å². The van der Waals surface area contributed by atoms with Crippen molar-refractivity contribution in [3.8, 4) is 0 Å². The molecule has 3 rings (SSSR count). The number of fused-ring (bicyclic) bond motifs is 1. The summed E-state index contributed by atoms with van der Waals surface area (Å²) in [4.78, 5) is 25.1. The van der Waals surface area contributed by atoms with E-state index in [1.54, 1.807) is 0 Å². The van der Waals surface area contributed by atoms with E-state index in [-0.39, 0.29) is 23.3 Å². The number of rotatable bonds is 3. The molecule has 0 radical (unpaired) electrons. The van der Waals surface area contributed by atoms with E-state index in [0.717, 1.165) is 32.2 Å². The fourth-order valence-corrected chi connectivity index (χ4v) is 3.06. The fraction of sp³-hybridized carbons (Fsp3) is 0.538. The van der Waals surface area contributed by atoms with Crippen LogP contribution in [0.15, 0.2) is 16.7 Å². The third-order valence-electron chi connectivity index (χ3n) is 3.99. The van der Waals surface area contributed by atoms with Crippen molar-refractivity contribution in [2.75, 3.05) is 13.1 Å². The minimum Gasteiger partial charge on any atom is -0.478 e. The van der Waals surface area contributed by atoms with Crippen molar-refractivity contribution in [1.82, 2.24) is 10.2 Å². The molecule has 0 spiro atoms. The maximum atomic E-state index is 12.0. The van der Waals surface area contributed by atoms with Gasteiger partial charge >= 0.3 is 5.97 Å². The SMILES string of the molecule is O=C(O)c1coc(C(=O)NC2CCN3CCCC23)c1. The topological polar surface area (TPSA) is 82.8 Å². The number of carbonyl (C=O) groups is 2. The summed E-state index contributed by atoms with van der Waals surface area (Å²) in [6.07, 6.45) is 4.33. The van der Waals surface area contributed by atoms with Crippen LogP contribution >= 0.6 is 0 Å². The molecule has 2 atom stereocenters. The Morgan fingerprint density at radius 1 is 1.37 bits per heavy atom. The van der Waals surface area contributed by atoms with Crippen LogP contribution in [0.4, 0.5) is 0 Å². The van der Waals surface area contributed by atoms with Crippen molar-refractivity contribution in [3.05, 3.63) is 23.7 Å². The van der Waals surface area contributed by atoms with Crippen LogP contribution < -0.4 is 5.32 Å². The van der Waals surface area contributed by atoms with E-state index in [2.05, 4.69) is 10.2 Å². The van der Waals surface area contributed by atoms with Crippen LogP contribution in [0.5, 0.6) is 0 Å². The lowest BCUT2D eigenvalue weighted by atomic mass is 10.1. The second kappa shape index (κ2) is 4.70. The molecule has 2 unspecified atom stereocenters. The average Bonchev–Trinajstić information content (AvgIpc) is 3.05. The maximum absolute atomic E-state index is 12.0. The summed E-state index contributed by atoms with van der Waals surface area (Å²) in [5.41, 5.74) is -0.000866. The molecule has 1 aromatic rings.